The Bertz CT molecular complexity index is 698. The monoisotopic (exact) mass is 647 g/mol. The van der Waals surface area contributed by atoms with Crippen molar-refractivity contribution in [2.45, 2.75) is 204 Å². The minimum absolute atomic E-state index is 0.271. The molecule has 7 N–H and O–H groups in total. The molecule has 8 atom stereocenters. The van der Waals surface area contributed by atoms with Crippen molar-refractivity contribution in [1.82, 2.24) is 5.32 Å². The fourth-order valence-electron chi connectivity index (χ4n) is 6.01. The lowest BCUT2D eigenvalue weighted by Gasteiger charge is -2.40. The van der Waals surface area contributed by atoms with Crippen LogP contribution in [-0.2, 0) is 14.3 Å². The molecule has 1 aliphatic rings. The van der Waals surface area contributed by atoms with E-state index >= 15 is 0 Å². The number of rotatable bonds is 29. The summed E-state index contributed by atoms with van der Waals surface area (Å²) in [5, 5.41) is 63.4. The van der Waals surface area contributed by atoms with Gasteiger partial charge in [0.2, 0.25) is 5.91 Å². The summed E-state index contributed by atoms with van der Waals surface area (Å²) in [7, 11) is 0. The molecule has 0 aliphatic carbocycles. The van der Waals surface area contributed by atoms with Crippen LogP contribution in [0, 0.1) is 0 Å². The number of carbonyl (C=O) groups is 1. The highest BCUT2D eigenvalue weighted by Crippen LogP contribution is 2.23. The van der Waals surface area contributed by atoms with Gasteiger partial charge in [-0.3, -0.25) is 4.79 Å². The third kappa shape index (κ3) is 18.9. The number of nitrogens with one attached hydrogen (secondary N) is 1. The first kappa shape index (κ1) is 42.2. The zero-order valence-electron chi connectivity index (χ0n) is 28.5. The molecule has 10 heteroatoms. The van der Waals surface area contributed by atoms with Crippen molar-refractivity contribution < 1.29 is 44.9 Å². The molecule has 0 aromatic rings. The highest BCUT2D eigenvalue weighted by molar-refractivity contribution is 5.76. The third-order valence-electron chi connectivity index (χ3n) is 9.03. The van der Waals surface area contributed by atoms with Gasteiger partial charge in [0.15, 0.2) is 6.29 Å². The molecule has 10 nitrogen and oxygen atoms in total. The number of amides is 1. The van der Waals surface area contributed by atoms with E-state index < -0.39 is 55.6 Å². The van der Waals surface area contributed by atoms with E-state index in [1.165, 1.54) is 96.3 Å². The molecule has 0 bridgehead atoms. The van der Waals surface area contributed by atoms with Crippen LogP contribution in [0.2, 0.25) is 0 Å². The van der Waals surface area contributed by atoms with Crippen molar-refractivity contribution in [1.29, 1.82) is 0 Å². The molecule has 1 aliphatic heterocycles. The first-order valence-electron chi connectivity index (χ1n) is 18.3. The Kier molecular flexibility index (Phi) is 25.4. The number of ether oxygens (including phenoxy) is 2. The lowest BCUT2D eigenvalue weighted by Crippen LogP contribution is -2.60. The predicted molar refractivity (Wildman–Crippen MR) is 177 cm³/mol. The average Bonchev–Trinajstić information content (AvgIpc) is 3.03. The highest BCUT2D eigenvalue weighted by Gasteiger charge is 2.44. The first-order chi connectivity index (χ1) is 21.8. The fourth-order valence-corrected chi connectivity index (χ4v) is 6.01. The molecule has 1 rings (SSSR count). The van der Waals surface area contributed by atoms with Crippen molar-refractivity contribution >= 4 is 5.91 Å². The second kappa shape index (κ2) is 27.1. The smallest absolute Gasteiger partial charge is 0.220 e. The number of hydrogen-bond acceptors (Lipinski definition) is 9. The van der Waals surface area contributed by atoms with Crippen LogP contribution in [0.5, 0.6) is 0 Å². The Balaban J connectivity index is 2.20. The zero-order chi connectivity index (χ0) is 33.3. The number of hydrogen-bond donors (Lipinski definition) is 7. The Labute approximate surface area is 273 Å². The predicted octanol–water partition coefficient (Wildman–Crippen LogP) is 4.63. The summed E-state index contributed by atoms with van der Waals surface area (Å²) in [6, 6.07) is -0.980. The molecule has 0 aromatic carbocycles. The van der Waals surface area contributed by atoms with Crippen molar-refractivity contribution in [2.24, 2.45) is 0 Å². The molecule has 0 radical (unpaired) electrons. The second-order valence-electron chi connectivity index (χ2n) is 13.2. The van der Waals surface area contributed by atoms with Gasteiger partial charge in [-0.25, -0.2) is 0 Å². The van der Waals surface area contributed by atoms with Crippen molar-refractivity contribution in [2.75, 3.05) is 13.2 Å². The molecule has 0 unspecified atom stereocenters. The topological polar surface area (TPSA) is 169 Å². The van der Waals surface area contributed by atoms with Gasteiger partial charge < -0.3 is 45.4 Å². The van der Waals surface area contributed by atoms with Gasteiger partial charge in [0.1, 0.15) is 30.5 Å². The molecule has 0 spiro atoms. The van der Waals surface area contributed by atoms with Gasteiger partial charge in [-0.05, 0) is 12.8 Å². The van der Waals surface area contributed by atoms with E-state index in [1.54, 1.807) is 0 Å². The Morgan fingerprint density at radius 1 is 0.689 bits per heavy atom. The molecular formula is C35H69NO9. The maximum absolute atomic E-state index is 12.7. The number of unbranched alkanes of at least 4 members (excludes halogenated alkanes) is 18. The van der Waals surface area contributed by atoms with Crippen LogP contribution in [0.25, 0.3) is 0 Å². The Morgan fingerprint density at radius 3 is 1.60 bits per heavy atom. The zero-order valence-corrected chi connectivity index (χ0v) is 28.5. The van der Waals surface area contributed by atoms with Gasteiger partial charge in [0, 0.05) is 6.42 Å². The molecule has 1 amide bonds. The van der Waals surface area contributed by atoms with Crippen LogP contribution >= 0.6 is 0 Å². The molecule has 45 heavy (non-hydrogen) atoms. The van der Waals surface area contributed by atoms with E-state index in [0.717, 1.165) is 25.7 Å². The summed E-state index contributed by atoms with van der Waals surface area (Å²) >= 11 is 0. The van der Waals surface area contributed by atoms with Crippen molar-refractivity contribution in [3.05, 3.63) is 0 Å². The summed E-state index contributed by atoms with van der Waals surface area (Å²) < 4.78 is 10.9. The number of aliphatic hydroxyl groups excluding tert-OH is 6. The average molecular weight is 648 g/mol. The van der Waals surface area contributed by atoms with E-state index in [-0.39, 0.29) is 18.9 Å². The molecule has 0 saturated carbocycles. The van der Waals surface area contributed by atoms with E-state index in [4.69, 9.17) is 9.47 Å². The summed E-state index contributed by atoms with van der Waals surface area (Å²) in [6.07, 6.45) is 15.9. The summed E-state index contributed by atoms with van der Waals surface area (Å²) in [5.74, 6) is -0.271. The SMILES string of the molecule is CCCCCCCCCCCCCCCCCCCCCC(=O)N[C@@H](CO[C@H]1O[C@H](CO)[C@H](O)[C@H](O)[C@H]1O)[C@@H](O)[C@H](O)CCC. The highest BCUT2D eigenvalue weighted by atomic mass is 16.7. The summed E-state index contributed by atoms with van der Waals surface area (Å²) in [4.78, 5) is 12.7. The van der Waals surface area contributed by atoms with Crippen molar-refractivity contribution in [3.63, 3.8) is 0 Å². The van der Waals surface area contributed by atoms with E-state index in [2.05, 4.69) is 12.2 Å². The Hall–Kier alpha value is -0.850. The van der Waals surface area contributed by atoms with Crippen molar-refractivity contribution in [3.8, 4) is 0 Å². The van der Waals surface area contributed by atoms with Gasteiger partial charge in [-0.2, -0.15) is 0 Å². The van der Waals surface area contributed by atoms with Crippen LogP contribution in [0.15, 0.2) is 0 Å². The van der Waals surface area contributed by atoms with Crippen LogP contribution in [-0.4, -0.2) is 98.7 Å². The lowest BCUT2D eigenvalue weighted by atomic mass is 9.99. The quantitative estimate of drug-likeness (QED) is 0.0572. The van der Waals surface area contributed by atoms with Gasteiger partial charge in [-0.1, -0.05) is 136 Å². The molecular weight excluding hydrogens is 578 g/mol. The second-order valence-corrected chi connectivity index (χ2v) is 13.2. The summed E-state index contributed by atoms with van der Waals surface area (Å²) in [6.45, 7) is 3.23. The standard InChI is InChI=1S/C35H69NO9/c1-3-5-6-7-8-9-10-11-12-13-14-15-16-17-18-19-20-21-22-24-30(39)36-27(31(40)28(38)23-4-2)26-44-35-34(43)33(42)32(41)29(25-37)45-35/h27-29,31-35,37-38,40-43H,3-26H2,1-2H3,(H,36,39)/t27-,28+,29+,31+,32-,33-,34+,35-/m0/s1. The largest absolute Gasteiger partial charge is 0.394 e. The van der Waals surface area contributed by atoms with Gasteiger partial charge in [-0.15, -0.1) is 0 Å². The fraction of sp³-hybridized carbons (Fsp3) is 0.971. The van der Waals surface area contributed by atoms with E-state index in [0.29, 0.717) is 12.8 Å². The molecule has 1 fully saturated rings. The molecule has 268 valence electrons. The van der Waals surface area contributed by atoms with Gasteiger partial charge in [0.25, 0.3) is 0 Å². The molecule has 1 saturated heterocycles. The lowest BCUT2D eigenvalue weighted by molar-refractivity contribution is -0.303. The van der Waals surface area contributed by atoms with Crippen LogP contribution in [0.3, 0.4) is 0 Å². The van der Waals surface area contributed by atoms with Crippen LogP contribution in [0.4, 0.5) is 0 Å². The van der Waals surface area contributed by atoms with Gasteiger partial charge in [0.05, 0.1) is 25.4 Å². The molecule has 1 heterocycles. The normalized spacial score (nSPS) is 24.0. The minimum atomic E-state index is -1.60. The van der Waals surface area contributed by atoms with Crippen LogP contribution < -0.4 is 5.32 Å². The van der Waals surface area contributed by atoms with Gasteiger partial charge >= 0.3 is 0 Å². The van der Waals surface area contributed by atoms with Crippen LogP contribution in [0.1, 0.15) is 155 Å². The maximum Gasteiger partial charge on any atom is 0.220 e. The molecule has 0 aromatic heterocycles. The first-order valence-corrected chi connectivity index (χ1v) is 18.3. The Morgan fingerprint density at radius 2 is 1.16 bits per heavy atom. The summed E-state index contributed by atoms with van der Waals surface area (Å²) in [5.41, 5.74) is 0. The third-order valence-corrected chi connectivity index (χ3v) is 9.03. The van der Waals surface area contributed by atoms with E-state index in [1.807, 2.05) is 6.92 Å². The minimum Gasteiger partial charge on any atom is -0.394 e. The number of carbonyl (C=O) groups excluding carboxylic acids is 1. The number of aliphatic hydroxyl groups is 6. The maximum atomic E-state index is 12.7. The van der Waals surface area contributed by atoms with E-state index in [9.17, 15) is 35.4 Å².